The summed E-state index contributed by atoms with van der Waals surface area (Å²) in [6.07, 6.45) is 1.11. The van der Waals surface area contributed by atoms with Gasteiger partial charge in [-0.1, -0.05) is 18.2 Å². The summed E-state index contributed by atoms with van der Waals surface area (Å²) in [5, 5.41) is 3.67. The van der Waals surface area contributed by atoms with Crippen molar-refractivity contribution in [2.24, 2.45) is 0 Å². The molecule has 1 heterocycles. The third kappa shape index (κ3) is 3.47. The molecule has 0 aromatic heterocycles. The van der Waals surface area contributed by atoms with Gasteiger partial charge in [-0.05, 0) is 23.8 Å². The Morgan fingerprint density at radius 1 is 1.04 bits per heavy atom. The predicted molar refractivity (Wildman–Crippen MR) is 97.5 cm³/mol. The average molecular weight is 345 g/mol. The van der Waals surface area contributed by atoms with E-state index in [4.69, 9.17) is 14.2 Å². The molecule has 2 aromatic rings. The summed E-state index contributed by atoms with van der Waals surface area (Å²) in [7, 11) is 4.98. The molecule has 0 bridgehead atoms. The van der Waals surface area contributed by atoms with Crippen LogP contribution in [0.15, 0.2) is 41.3 Å². The molecule has 1 aliphatic rings. The zero-order valence-corrected chi connectivity index (χ0v) is 15.1. The van der Waals surface area contributed by atoms with Crippen LogP contribution < -0.4 is 19.5 Å². The van der Waals surface area contributed by atoms with Gasteiger partial charge in [0.05, 0.1) is 26.9 Å². The van der Waals surface area contributed by atoms with Gasteiger partial charge in [-0.15, -0.1) is 11.8 Å². The van der Waals surface area contributed by atoms with E-state index in [9.17, 15) is 0 Å². The van der Waals surface area contributed by atoms with Crippen molar-refractivity contribution in [1.82, 2.24) is 5.32 Å². The Morgan fingerprint density at radius 3 is 2.42 bits per heavy atom. The zero-order chi connectivity index (χ0) is 16.9. The number of benzene rings is 2. The molecule has 4 nitrogen and oxygen atoms in total. The van der Waals surface area contributed by atoms with Crippen molar-refractivity contribution in [2.75, 3.05) is 27.1 Å². The highest BCUT2D eigenvalue weighted by Crippen LogP contribution is 2.38. The van der Waals surface area contributed by atoms with Crippen molar-refractivity contribution < 1.29 is 14.2 Å². The fraction of sp³-hybridized carbons (Fsp3) is 0.368. The van der Waals surface area contributed by atoms with Crippen molar-refractivity contribution in [3.05, 3.63) is 47.5 Å². The minimum atomic E-state index is 0.346. The van der Waals surface area contributed by atoms with E-state index < -0.39 is 0 Å². The standard InChI is InChI=1S/C19H23NO3S/c1-21-13-10-17(22-2)15(18(11-13)23-3)12-20-16-8-9-24-19-7-5-4-6-14(16)19/h4-7,10-11,16,20H,8-9,12H2,1-3H3/t16-/m0/s1. The molecule has 0 spiro atoms. The molecule has 0 unspecified atom stereocenters. The minimum Gasteiger partial charge on any atom is -0.496 e. The Labute approximate surface area is 147 Å². The Hall–Kier alpha value is -1.85. The zero-order valence-electron chi connectivity index (χ0n) is 14.3. The first-order valence-corrected chi connectivity index (χ1v) is 8.99. The van der Waals surface area contributed by atoms with Crippen LogP contribution in [-0.2, 0) is 6.54 Å². The van der Waals surface area contributed by atoms with E-state index in [1.807, 2.05) is 23.9 Å². The van der Waals surface area contributed by atoms with Crippen molar-refractivity contribution in [3.63, 3.8) is 0 Å². The van der Waals surface area contributed by atoms with E-state index in [2.05, 4.69) is 29.6 Å². The van der Waals surface area contributed by atoms with E-state index in [0.717, 1.165) is 35.0 Å². The smallest absolute Gasteiger partial charge is 0.130 e. The first kappa shape index (κ1) is 17.0. The Morgan fingerprint density at radius 2 is 1.75 bits per heavy atom. The van der Waals surface area contributed by atoms with Crippen LogP contribution in [0.4, 0.5) is 0 Å². The molecular weight excluding hydrogens is 322 g/mol. The van der Waals surface area contributed by atoms with Crippen molar-refractivity contribution in [3.8, 4) is 17.2 Å². The molecule has 5 heteroatoms. The maximum atomic E-state index is 5.54. The molecule has 1 N–H and O–H groups in total. The van der Waals surface area contributed by atoms with Gasteiger partial charge < -0.3 is 19.5 Å². The number of hydrogen-bond donors (Lipinski definition) is 1. The maximum Gasteiger partial charge on any atom is 0.130 e. The Bertz CT molecular complexity index is 680. The monoisotopic (exact) mass is 345 g/mol. The highest BCUT2D eigenvalue weighted by molar-refractivity contribution is 7.99. The van der Waals surface area contributed by atoms with Gasteiger partial charge in [-0.2, -0.15) is 0 Å². The van der Waals surface area contributed by atoms with E-state index in [0.29, 0.717) is 12.6 Å². The van der Waals surface area contributed by atoms with Crippen LogP contribution in [0.1, 0.15) is 23.6 Å². The van der Waals surface area contributed by atoms with Crippen LogP contribution in [0.25, 0.3) is 0 Å². The molecule has 2 aromatic carbocycles. The summed E-state index contributed by atoms with van der Waals surface area (Å²) >= 11 is 1.93. The number of nitrogens with one attached hydrogen (secondary N) is 1. The molecule has 0 fully saturated rings. The molecule has 0 amide bonds. The number of methoxy groups -OCH3 is 3. The second-order valence-electron chi connectivity index (χ2n) is 5.62. The fourth-order valence-electron chi connectivity index (χ4n) is 3.03. The normalized spacial score (nSPS) is 16.4. The van der Waals surface area contributed by atoms with Crippen LogP contribution in [0, 0.1) is 0 Å². The molecule has 0 aliphatic carbocycles. The second kappa shape index (κ2) is 7.81. The SMILES string of the molecule is COc1cc(OC)c(CN[C@H]2CCSc3ccccc32)c(OC)c1. The first-order valence-electron chi connectivity index (χ1n) is 8.00. The molecule has 3 rings (SSSR count). The summed E-state index contributed by atoms with van der Waals surface area (Å²) < 4.78 is 16.4. The molecule has 1 aliphatic heterocycles. The van der Waals surface area contributed by atoms with Gasteiger partial charge in [0.25, 0.3) is 0 Å². The molecular formula is C19H23NO3S. The Balaban J connectivity index is 1.82. The lowest BCUT2D eigenvalue weighted by Crippen LogP contribution is -2.24. The highest BCUT2D eigenvalue weighted by atomic mass is 32.2. The fourth-order valence-corrected chi connectivity index (χ4v) is 4.16. The van der Waals surface area contributed by atoms with E-state index in [1.54, 1.807) is 21.3 Å². The lowest BCUT2D eigenvalue weighted by atomic mass is 10.0. The number of hydrogen-bond acceptors (Lipinski definition) is 5. The second-order valence-corrected chi connectivity index (χ2v) is 6.76. The van der Waals surface area contributed by atoms with Gasteiger partial charge in [0.15, 0.2) is 0 Å². The van der Waals surface area contributed by atoms with E-state index >= 15 is 0 Å². The number of thioether (sulfide) groups is 1. The summed E-state index contributed by atoms with van der Waals surface area (Å²) in [6.45, 7) is 0.681. The number of rotatable bonds is 6. The molecule has 0 radical (unpaired) electrons. The van der Waals surface area contributed by atoms with Crippen LogP contribution in [0.5, 0.6) is 17.2 Å². The molecule has 24 heavy (non-hydrogen) atoms. The van der Waals surface area contributed by atoms with Gasteiger partial charge in [0.1, 0.15) is 17.2 Å². The molecule has 0 saturated heterocycles. The highest BCUT2D eigenvalue weighted by Gasteiger charge is 2.21. The van der Waals surface area contributed by atoms with Gasteiger partial charge in [-0.3, -0.25) is 0 Å². The average Bonchev–Trinajstić information content (AvgIpc) is 2.65. The minimum absolute atomic E-state index is 0.346. The summed E-state index contributed by atoms with van der Waals surface area (Å²) in [6, 6.07) is 12.7. The van der Waals surface area contributed by atoms with Gasteiger partial charge in [0.2, 0.25) is 0 Å². The van der Waals surface area contributed by atoms with Crippen LogP contribution >= 0.6 is 11.8 Å². The van der Waals surface area contributed by atoms with Gasteiger partial charge >= 0.3 is 0 Å². The lowest BCUT2D eigenvalue weighted by Gasteiger charge is -2.26. The molecule has 0 saturated carbocycles. The van der Waals surface area contributed by atoms with Crippen molar-refractivity contribution >= 4 is 11.8 Å². The number of fused-ring (bicyclic) bond motifs is 1. The first-order chi connectivity index (χ1) is 11.8. The summed E-state index contributed by atoms with van der Waals surface area (Å²) in [5.74, 6) is 3.41. The van der Waals surface area contributed by atoms with Crippen molar-refractivity contribution in [2.45, 2.75) is 23.9 Å². The largest absolute Gasteiger partial charge is 0.496 e. The molecule has 128 valence electrons. The van der Waals surface area contributed by atoms with E-state index in [1.165, 1.54) is 10.5 Å². The molecule has 1 atom stereocenters. The third-order valence-electron chi connectivity index (χ3n) is 4.30. The maximum absolute atomic E-state index is 5.54. The van der Waals surface area contributed by atoms with E-state index in [-0.39, 0.29) is 0 Å². The van der Waals surface area contributed by atoms with Crippen LogP contribution in [0.2, 0.25) is 0 Å². The van der Waals surface area contributed by atoms with Crippen LogP contribution in [-0.4, -0.2) is 27.1 Å². The Kier molecular flexibility index (Phi) is 5.53. The van der Waals surface area contributed by atoms with Crippen molar-refractivity contribution in [1.29, 1.82) is 0 Å². The third-order valence-corrected chi connectivity index (χ3v) is 5.42. The van der Waals surface area contributed by atoms with Gasteiger partial charge in [-0.25, -0.2) is 0 Å². The van der Waals surface area contributed by atoms with Gasteiger partial charge in [0, 0.05) is 29.6 Å². The summed E-state index contributed by atoms with van der Waals surface area (Å²) in [4.78, 5) is 1.37. The lowest BCUT2D eigenvalue weighted by molar-refractivity contribution is 0.364. The quantitative estimate of drug-likeness (QED) is 0.855. The topological polar surface area (TPSA) is 39.7 Å². The summed E-state index contributed by atoms with van der Waals surface area (Å²) in [5.41, 5.74) is 2.39. The predicted octanol–water partition coefficient (Wildman–Crippen LogP) is 4.04. The number of ether oxygens (including phenoxy) is 3. The van der Waals surface area contributed by atoms with Crippen LogP contribution in [0.3, 0.4) is 0 Å².